The second-order valence-corrected chi connectivity index (χ2v) is 8.28. The lowest BCUT2D eigenvalue weighted by Crippen LogP contribution is -2.66. The fourth-order valence-corrected chi connectivity index (χ4v) is 3.96. The zero-order chi connectivity index (χ0) is 22.4. The number of ether oxygens (including phenoxy) is 2. The average molecular weight is 437 g/mol. The third-order valence-electron chi connectivity index (χ3n) is 5.62. The van der Waals surface area contributed by atoms with Crippen LogP contribution in [0.25, 0.3) is 0 Å². The molecule has 1 aromatic carbocycles. The predicted octanol–water partition coefficient (Wildman–Crippen LogP) is -1.15. The summed E-state index contributed by atoms with van der Waals surface area (Å²) >= 11 is 0. The highest BCUT2D eigenvalue weighted by molar-refractivity contribution is 5.72. The van der Waals surface area contributed by atoms with Crippen LogP contribution in [-0.4, -0.2) is 97.3 Å². The van der Waals surface area contributed by atoms with E-state index in [1.807, 2.05) is 29.2 Å². The van der Waals surface area contributed by atoms with Gasteiger partial charge < -0.3 is 35.6 Å². The van der Waals surface area contributed by atoms with Crippen molar-refractivity contribution < 1.29 is 29.3 Å². The van der Waals surface area contributed by atoms with E-state index < -0.39 is 23.9 Å². The molecule has 3 rings (SSSR count). The Morgan fingerprint density at radius 3 is 2.61 bits per heavy atom. The number of carbonyl (C=O) groups excluding carboxylic acids is 2. The molecule has 0 spiro atoms. The quantitative estimate of drug-likeness (QED) is 0.328. The topological polar surface area (TPSA) is 132 Å². The van der Waals surface area contributed by atoms with Crippen LogP contribution in [-0.2, 0) is 16.0 Å². The zero-order valence-electron chi connectivity index (χ0n) is 18.0. The summed E-state index contributed by atoms with van der Waals surface area (Å²) in [6, 6.07) is 7.45. The van der Waals surface area contributed by atoms with Gasteiger partial charge >= 0.3 is 6.09 Å². The molecule has 2 heterocycles. The van der Waals surface area contributed by atoms with Crippen molar-refractivity contribution in [2.24, 2.45) is 0 Å². The van der Waals surface area contributed by atoms with E-state index in [1.54, 1.807) is 7.11 Å². The second kappa shape index (κ2) is 10.3. The van der Waals surface area contributed by atoms with Crippen LogP contribution in [0, 0.1) is 0 Å². The van der Waals surface area contributed by atoms with Gasteiger partial charge in [0.2, 0.25) is 5.91 Å². The van der Waals surface area contributed by atoms with Crippen LogP contribution in [0.15, 0.2) is 24.3 Å². The molecular weight excluding hydrogens is 404 g/mol. The number of aliphatic hydroxyl groups excluding tert-OH is 1. The molecule has 0 bridgehead atoms. The van der Waals surface area contributed by atoms with Crippen LogP contribution in [0.1, 0.15) is 12.5 Å². The third-order valence-corrected chi connectivity index (χ3v) is 5.62. The molecule has 2 aliphatic rings. The smallest absolute Gasteiger partial charge is 0.407 e. The Morgan fingerprint density at radius 2 is 1.97 bits per heavy atom. The highest BCUT2D eigenvalue weighted by atomic mass is 16.6. The summed E-state index contributed by atoms with van der Waals surface area (Å²) in [5.74, 6) is 0.594. The number of benzene rings is 1. The number of likely N-dealkylation sites (tertiary alicyclic amines) is 1. The second-order valence-electron chi connectivity index (χ2n) is 8.28. The molecule has 31 heavy (non-hydrogen) atoms. The van der Waals surface area contributed by atoms with Crippen LogP contribution in [0.5, 0.6) is 5.75 Å². The highest BCUT2D eigenvalue weighted by Crippen LogP contribution is 2.20. The monoisotopic (exact) mass is 436 g/mol. The Kier molecular flexibility index (Phi) is 7.71. The van der Waals surface area contributed by atoms with Crippen molar-refractivity contribution in [3.8, 4) is 5.75 Å². The molecule has 10 nitrogen and oxygen atoms in total. The minimum absolute atomic E-state index is 0.176. The molecule has 172 valence electrons. The Morgan fingerprint density at radius 1 is 1.26 bits per heavy atom. The number of nitrogens with zero attached hydrogens (tertiary/aromatic N) is 1. The van der Waals surface area contributed by atoms with E-state index in [9.17, 15) is 19.8 Å². The van der Waals surface area contributed by atoms with E-state index >= 15 is 0 Å². The molecule has 0 aliphatic carbocycles. The van der Waals surface area contributed by atoms with Gasteiger partial charge in [0.05, 0.1) is 13.2 Å². The fraction of sp³-hybridized carbons (Fsp3) is 0.619. The normalized spacial score (nSPS) is 24.8. The summed E-state index contributed by atoms with van der Waals surface area (Å²) in [4.78, 5) is 25.1. The van der Waals surface area contributed by atoms with Crippen molar-refractivity contribution in [3.05, 3.63) is 29.8 Å². The van der Waals surface area contributed by atoms with Gasteiger partial charge in [0.25, 0.3) is 0 Å². The summed E-state index contributed by atoms with van der Waals surface area (Å²) in [7, 11) is 1.61. The predicted molar refractivity (Wildman–Crippen MR) is 113 cm³/mol. The number of β-amino-alcohol motifs (C(OH)–C–C–N with tert-alkyl or cyclic N) is 2. The van der Waals surface area contributed by atoms with Crippen LogP contribution >= 0.6 is 0 Å². The molecule has 2 fully saturated rings. The van der Waals surface area contributed by atoms with Crippen LogP contribution < -0.4 is 20.7 Å². The van der Waals surface area contributed by atoms with E-state index in [0.717, 1.165) is 11.3 Å². The number of methoxy groups -OCH3 is 1. The molecule has 2 saturated heterocycles. The van der Waals surface area contributed by atoms with Gasteiger partial charge in [0, 0.05) is 46.2 Å². The molecule has 0 aromatic heterocycles. The summed E-state index contributed by atoms with van der Waals surface area (Å²) < 4.78 is 10.7. The first-order valence-corrected chi connectivity index (χ1v) is 10.5. The molecule has 0 radical (unpaired) electrons. The number of amides is 2. The summed E-state index contributed by atoms with van der Waals surface area (Å²) in [6.45, 7) is 3.76. The number of nitrogens with one attached hydrogen (secondary N) is 3. The summed E-state index contributed by atoms with van der Waals surface area (Å²) in [6.07, 6.45) is -1.39. The van der Waals surface area contributed by atoms with Crippen LogP contribution in [0.3, 0.4) is 0 Å². The van der Waals surface area contributed by atoms with Crippen molar-refractivity contribution in [3.63, 3.8) is 0 Å². The highest BCUT2D eigenvalue weighted by Gasteiger charge is 2.41. The number of alkyl carbamates (subject to hydrolysis) is 1. The molecule has 3 atom stereocenters. The van der Waals surface area contributed by atoms with Gasteiger partial charge in [-0.1, -0.05) is 12.1 Å². The van der Waals surface area contributed by atoms with Gasteiger partial charge in [-0.15, -0.1) is 0 Å². The van der Waals surface area contributed by atoms with Crippen molar-refractivity contribution in [2.45, 2.75) is 37.2 Å². The summed E-state index contributed by atoms with van der Waals surface area (Å²) in [5.41, 5.74) is 0.131. The van der Waals surface area contributed by atoms with Gasteiger partial charge in [-0.05, 0) is 24.1 Å². The van der Waals surface area contributed by atoms with Gasteiger partial charge in [0.15, 0.2) is 0 Å². The average Bonchev–Trinajstić information content (AvgIpc) is 3.05. The Balaban J connectivity index is 1.38. The van der Waals surface area contributed by atoms with Crippen molar-refractivity contribution in [2.75, 3.05) is 46.4 Å². The van der Waals surface area contributed by atoms with Gasteiger partial charge in [0.1, 0.15) is 23.6 Å². The molecule has 0 saturated carbocycles. The standard InChI is InChI=1S/C21H32N4O6/c1-14(26)24-11-21(29)12-25(13-21)8-7-22-20(28)31-19-17(23-10-18(19)27)9-15-3-5-16(30-2)6-4-15/h3-6,17-19,23,27,29H,7-13H2,1-2H3,(H,22,28)(H,24,26)/t17-,18+,19+/m1/s1. The van der Waals surface area contributed by atoms with E-state index in [0.29, 0.717) is 39.1 Å². The molecule has 10 heteroatoms. The lowest BCUT2D eigenvalue weighted by atomic mass is 9.94. The lowest BCUT2D eigenvalue weighted by molar-refractivity contribution is -0.125. The number of hydrogen-bond donors (Lipinski definition) is 5. The zero-order valence-corrected chi connectivity index (χ0v) is 18.0. The maximum Gasteiger partial charge on any atom is 0.407 e. The van der Waals surface area contributed by atoms with Crippen molar-refractivity contribution in [1.82, 2.24) is 20.9 Å². The molecular formula is C21H32N4O6. The largest absolute Gasteiger partial charge is 0.497 e. The first-order chi connectivity index (χ1) is 14.8. The third kappa shape index (κ3) is 6.54. The SMILES string of the molecule is COc1ccc(C[C@H]2NC[C@H](O)[C@H]2OC(=O)NCCN2CC(O)(CNC(C)=O)C2)cc1. The first-order valence-electron chi connectivity index (χ1n) is 10.5. The Labute approximate surface area is 181 Å². The fourth-order valence-electron chi connectivity index (χ4n) is 3.96. The van der Waals surface area contributed by atoms with E-state index in [1.165, 1.54) is 6.92 Å². The number of aliphatic hydroxyl groups is 2. The molecule has 2 amide bonds. The van der Waals surface area contributed by atoms with Gasteiger partial charge in [-0.2, -0.15) is 0 Å². The van der Waals surface area contributed by atoms with Crippen LogP contribution in [0.4, 0.5) is 4.79 Å². The molecule has 0 unspecified atom stereocenters. The molecule has 5 N–H and O–H groups in total. The van der Waals surface area contributed by atoms with E-state index in [-0.39, 0.29) is 18.5 Å². The number of carbonyl (C=O) groups is 2. The van der Waals surface area contributed by atoms with Crippen molar-refractivity contribution >= 4 is 12.0 Å². The Hall–Kier alpha value is -2.40. The maximum atomic E-state index is 12.2. The molecule has 1 aromatic rings. The van der Waals surface area contributed by atoms with Crippen LogP contribution in [0.2, 0.25) is 0 Å². The lowest BCUT2D eigenvalue weighted by Gasteiger charge is -2.46. The molecule has 2 aliphatic heterocycles. The van der Waals surface area contributed by atoms with Crippen molar-refractivity contribution in [1.29, 1.82) is 0 Å². The number of rotatable bonds is 9. The maximum absolute atomic E-state index is 12.2. The van der Waals surface area contributed by atoms with Gasteiger partial charge in [-0.3, -0.25) is 9.69 Å². The minimum Gasteiger partial charge on any atom is -0.497 e. The van der Waals surface area contributed by atoms with E-state index in [4.69, 9.17) is 9.47 Å². The summed E-state index contributed by atoms with van der Waals surface area (Å²) in [5, 5.41) is 29.0. The Bertz CT molecular complexity index is 753. The first kappa shape index (κ1) is 23.3. The van der Waals surface area contributed by atoms with E-state index in [2.05, 4.69) is 16.0 Å². The number of hydrogen-bond acceptors (Lipinski definition) is 8. The van der Waals surface area contributed by atoms with Gasteiger partial charge in [-0.25, -0.2) is 4.79 Å². The minimum atomic E-state index is -0.916.